The average Bonchev–Trinajstić information content (AvgIpc) is 2.56. The number of rotatable bonds is 5. The molecular formula is C17H13BrClF3N2O2. The van der Waals surface area contributed by atoms with E-state index in [2.05, 4.69) is 21.2 Å². The molecule has 0 bridgehead atoms. The van der Waals surface area contributed by atoms with Crippen molar-refractivity contribution in [1.29, 1.82) is 0 Å². The molecule has 9 heteroatoms. The van der Waals surface area contributed by atoms with Crippen molar-refractivity contribution in [2.75, 3.05) is 0 Å². The molecule has 0 aliphatic heterocycles. The van der Waals surface area contributed by atoms with Crippen LogP contribution in [-0.2, 0) is 17.4 Å². The van der Waals surface area contributed by atoms with Crippen LogP contribution in [0.5, 0.6) is 0 Å². The van der Waals surface area contributed by atoms with Crippen molar-refractivity contribution in [3.8, 4) is 0 Å². The molecule has 26 heavy (non-hydrogen) atoms. The zero-order valence-corrected chi connectivity index (χ0v) is 15.5. The maximum absolute atomic E-state index is 12.6. The number of benzene rings is 2. The van der Waals surface area contributed by atoms with E-state index in [1.807, 2.05) is 0 Å². The third kappa shape index (κ3) is 5.22. The summed E-state index contributed by atoms with van der Waals surface area (Å²) in [5.74, 6) is -1.49. The van der Waals surface area contributed by atoms with Gasteiger partial charge in [-0.3, -0.25) is 9.59 Å². The molecule has 0 aliphatic carbocycles. The molecule has 0 spiro atoms. The highest BCUT2D eigenvalue weighted by Gasteiger charge is 2.30. The van der Waals surface area contributed by atoms with Gasteiger partial charge in [0.1, 0.15) is 6.04 Å². The van der Waals surface area contributed by atoms with E-state index in [1.165, 1.54) is 0 Å². The highest BCUT2D eigenvalue weighted by Crippen LogP contribution is 2.29. The minimum Gasteiger partial charge on any atom is -0.368 e. The highest BCUT2D eigenvalue weighted by molar-refractivity contribution is 9.10. The molecule has 4 nitrogen and oxygen atoms in total. The number of hydrogen-bond donors (Lipinski definition) is 2. The van der Waals surface area contributed by atoms with Gasteiger partial charge in [0.25, 0.3) is 5.91 Å². The minimum absolute atomic E-state index is 0.0191. The molecule has 138 valence electrons. The molecule has 0 saturated carbocycles. The molecule has 2 amide bonds. The van der Waals surface area contributed by atoms with E-state index in [9.17, 15) is 22.8 Å². The lowest BCUT2D eigenvalue weighted by molar-refractivity contribution is -0.137. The fourth-order valence-electron chi connectivity index (χ4n) is 2.19. The fourth-order valence-corrected chi connectivity index (χ4v) is 2.80. The summed E-state index contributed by atoms with van der Waals surface area (Å²) < 4.78 is 38.4. The van der Waals surface area contributed by atoms with Gasteiger partial charge in [-0.15, -0.1) is 0 Å². The predicted molar refractivity (Wildman–Crippen MR) is 94.7 cm³/mol. The van der Waals surface area contributed by atoms with Crippen molar-refractivity contribution in [2.24, 2.45) is 5.73 Å². The summed E-state index contributed by atoms with van der Waals surface area (Å²) in [6.07, 6.45) is -4.42. The van der Waals surface area contributed by atoms with E-state index in [0.29, 0.717) is 15.1 Å². The first-order valence-electron chi connectivity index (χ1n) is 7.29. The molecule has 3 N–H and O–H groups in total. The number of nitrogens with two attached hydrogens (primary N) is 1. The van der Waals surface area contributed by atoms with Gasteiger partial charge < -0.3 is 11.1 Å². The van der Waals surface area contributed by atoms with Crippen LogP contribution in [0.4, 0.5) is 13.2 Å². The molecule has 0 radical (unpaired) electrons. The summed E-state index contributed by atoms with van der Waals surface area (Å²) in [5, 5.41) is 2.87. The van der Waals surface area contributed by atoms with Crippen LogP contribution in [0.25, 0.3) is 0 Å². The van der Waals surface area contributed by atoms with Gasteiger partial charge in [0.05, 0.1) is 5.56 Å². The standard InChI is InChI=1S/C17H13BrClF3N2O2/c18-13-6-5-12(19)7-10(13)8-14(15(23)25)24-16(26)9-1-3-11(4-2-9)17(20,21)22/h1-7,14H,8H2,(H2,23,25)(H,24,26)/t14-/m0/s1. The smallest absolute Gasteiger partial charge is 0.368 e. The zero-order valence-electron chi connectivity index (χ0n) is 13.1. The number of nitrogens with one attached hydrogen (secondary N) is 1. The first-order chi connectivity index (χ1) is 12.1. The van der Waals surface area contributed by atoms with Crippen LogP contribution < -0.4 is 11.1 Å². The summed E-state index contributed by atoms with van der Waals surface area (Å²) >= 11 is 9.23. The molecule has 0 fully saturated rings. The Morgan fingerprint density at radius 3 is 2.31 bits per heavy atom. The van der Waals surface area contributed by atoms with Crippen LogP contribution >= 0.6 is 27.5 Å². The van der Waals surface area contributed by atoms with Crippen molar-refractivity contribution in [1.82, 2.24) is 5.32 Å². The Morgan fingerprint density at radius 1 is 1.15 bits per heavy atom. The van der Waals surface area contributed by atoms with E-state index in [1.54, 1.807) is 18.2 Å². The third-order valence-electron chi connectivity index (χ3n) is 3.55. The fraction of sp³-hybridized carbons (Fsp3) is 0.176. The molecule has 0 saturated heterocycles. The Labute approximate surface area is 160 Å². The Hall–Kier alpha value is -2.06. The average molecular weight is 450 g/mol. The lowest BCUT2D eigenvalue weighted by Crippen LogP contribution is -2.45. The molecule has 0 aliphatic rings. The van der Waals surface area contributed by atoms with Crippen LogP contribution in [0.3, 0.4) is 0 Å². The number of carbonyl (C=O) groups excluding carboxylic acids is 2. The Balaban J connectivity index is 2.15. The van der Waals surface area contributed by atoms with Gasteiger partial charge >= 0.3 is 6.18 Å². The van der Waals surface area contributed by atoms with Crippen LogP contribution in [-0.4, -0.2) is 17.9 Å². The van der Waals surface area contributed by atoms with E-state index in [4.69, 9.17) is 17.3 Å². The molecule has 0 aromatic heterocycles. The summed E-state index contributed by atoms with van der Waals surface area (Å²) in [6.45, 7) is 0. The number of amides is 2. The Bertz CT molecular complexity index is 826. The van der Waals surface area contributed by atoms with E-state index in [-0.39, 0.29) is 12.0 Å². The maximum Gasteiger partial charge on any atom is 0.416 e. The van der Waals surface area contributed by atoms with Crippen LogP contribution in [0.1, 0.15) is 21.5 Å². The second-order valence-electron chi connectivity index (χ2n) is 5.44. The van der Waals surface area contributed by atoms with E-state index in [0.717, 1.165) is 24.3 Å². The quantitative estimate of drug-likeness (QED) is 0.726. The summed E-state index contributed by atoms with van der Waals surface area (Å²) in [6, 6.07) is 7.55. The number of hydrogen-bond acceptors (Lipinski definition) is 2. The highest BCUT2D eigenvalue weighted by atomic mass is 79.9. The molecule has 2 aromatic rings. The van der Waals surface area contributed by atoms with Gasteiger partial charge in [-0.2, -0.15) is 13.2 Å². The number of halogens is 5. The second-order valence-corrected chi connectivity index (χ2v) is 6.73. The Morgan fingerprint density at radius 2 is 1.77 bits per heavy atom. The lowest BCUT2D eigenvalue weighted by atomic mass is 10.0. The summed E-state index contributed by atoms with van der Waals surface area (Å²) in [5.41, 5.74) is 5.09. The van der Waals surface area contributed by atoms with Gasteiger partial charge in [0.2, 0.25) is 5.91 Å². The molecule has 0 heterocycles. The lowest BCUT2D eigenvalue weighted by Gasteiger charge is -2.17. The van der Waals surface area contributed by atoms with Gasteiger partial charge in [-0.25, -0.2) is 0 Å². The molecule has 0 unspecified atom stereocenters. The SMILES string of the molecule is NC(=O)[C@H](Cc1cc(Cl)ccc1Br)NC(=O)c1ccc(C(F)(F)F)cc1. The van der Waals surface area contributed by atoms with Crippen molar-refractivity contribution in [3.63, 3.8) is 0 Å². The molecule has 2 rings (SSSR count). The van der Waals surface area contributed by atoms with Crippen molar-refractivity contribution in [3.05, 3.63) is 68.7 Å². The number of carbonyl (C=O) groups is 2. The normalized spacial score (nSPS) is 12.5. The van der Waals surface area contributed by atoms with Crippen LogP contribution in [0, 0.1) is 0 Å². The van der Waals surface area contributed by atoms with Gasteiger partial charge in [-0.05, 0) is 48.0 Å². The predicted octanol–water partition coefficient (Wildman–Crippen LogP) is 3.95. The summed E-state index contributed by atoms with van der Waals surface area (Å²) in [4.78, 5) is 23.9. The topological polar surface area (TPSA) is 72.2 Å². The van der Waals surface area contributed by atoms with Crippen LogP contribution in [0.15, 0.2) is 46.9 Å². The monoisotopic (exact) mass is 448 g/mol. The summed E-state index contributed by atoms with van der Waals surface area (Å²) in [7, 11) is 0. The van der Waals surface area contributed by atoms with Crippen molar-refractivity contribution < 1.29 is 22.8 Å². The number of primary amides is 1. The first-order valence-corrected chi connectivity index (χ1v) is 8.46. The van der Waals surface area contributed by atoms with Gasteiger partial charge in [-0.1, -0.05) is 27.5 Å². The van der Waals surface area contributed by atoms with Crippen molar-refractivity contribution >= 4 is 39.3 Å². The van der Waals surface area contributed by atoms with E-state index >= 15 is 0 Å². The zero-order chi connectivity index (χ0) is 19.5. The molecule has 1 atom stereocenters. The van der Waals surface area contributed by atoms with E-state index < -0.39 is 29.6 Å². The van der Waals surface area contributed by atoms with Gasteiger partial charge in [0.15, 0.2) is 0 Å². The maximum atomic E-state index is 12.6. The minimum atomic E-state index is -4.50. The van der Waals surface area contributed by atoms with Crippen LogP contribution in [0.2, 0.25) is 5.02 Å². The molecular weight excluding hydrogens is 437 g/mol. The first kappa shape index (κ1) is 20.3. The van der Waals surface area contributed by atoms with Crippen molar-refractivity contribution in [2.45, 2.75) is 18.6 Å². The molecule has 2 aromatic carbocycles. The number of alkyl halides is 3. The van der Waals surface area contributed by atoms with Gasteiger partial charge in [0, 0.05) is 21.5 Å². The largest absolute Gasteiger partial charge is 0.416 e. The Kier molecular flexibility index (Phi) is 6.30. The second kappa shape index (κ2) is 8.09. The third-order valence-corrected chi connectivity index (χ3v) is 4.56.